The number of nitrogens with zero attached hydrogens (tertiary/aromatic N) is 1. The van der Waals surface area contributed by atoms with Crippen molar-refractivity contribution in [2.45, 2.75) is 52.1 Å². The Labute approximate surface area is 111 Å². The highest BCUT2D eigenvalue weighted by atomic mass is 15.1. The van der Waals surface area contributed by atoms with Crippen LogP contribution >= 0.6 is 0 Å². The molecule has 1 heterocycles. The minimum Gasteiger partial charge on any atom is -0.326 e. The number of likely N-dealkylation sites (N-methyl/N-ethyl adjacent to an activating group) is 1. The molecule has 0 bridgehead atoms. The van der Waals surface area contributed by atoms with Gasteiger partial charge in [0.2, 0.25) is 0 Å². The standard InChI is InChI=1S/C16H26N2/c1-11-9-12(2)15(13(3)10-11)16-14(17)7-5-6-8-18(16)4/h9-10,14,16H,5-8,17H2,1-4H3. The molecule has 2 N–H and O–H groups in total. The summed E-state index contributed by atoms with van der Waals surface area (Å²) in [5.74, 6) is 0. The van der Waals surface area contributed by atoms with Crippen molar-refractivity contribution in [2.24, 2.45) is 5.73 Å². The summed E-state index contributed by atoms with van der Waals surface area (Å²) in [5.41, 5.74) is 12.0. The lowest BCUT2D eigenvalue weighted by Gasteiger charge is -2.33. The Balaban J connectivity index is 2.45. The van der Waals surface area contributed by atoms with Crippen LogP contribution in [0.5, 0.6) is 0 Å². The number of hydrogen-bond acceptors (Lipinski definition) is 2. The first-order chi connectivity index (χ1) is 8.50. The van der Waals surface area contributed by atoms with Gasteiger partial charge in [-0.2, -0.15) is 0 Å². The molecule has 2 unspecified atom stereocenters. The smallest absolute Gasteiger partial charge is 0.0501 e. The van der Waals surface area contributed by atoms with Crippen molar-refractivity contribution in [3.05, 3.63) is 34.4 Å². The van der Waals surface area contributed by atoms with E-state index in [2.05, 4.69) is 44.9 Å². The van der Waals surface area contributed by atoms with Crippen LogP contribution in [0.3, 0.4) is 0 Å². The van der Waals surface area contributed by atoms with Crippen LogP contribution in [0.4, 0.5) is 0 Å². The van der Waals surface area contributed by atoms with Gasteiger partial charge in [0.05, 0.1) is 6.04 Å². The zero-order chi connectivity index (χ0) is 13.3. The maximum Gasteiger partial charge on any atom is 0.0501 e. The normalized spacial score (nSPS) is 26.1. The Bertz CT molecular complexity index is 390. The van der Waals surface area contributed by atoms with Crippen LogP contribution in [-0.4, -0.2) is 24.5 Å². The molecule has 1 aromatic rings. The van der Waals surface area contributed by atoms with Crippen LogP contribution in [0.1, 0.15) is 47.6 Å². The second kappa shape index (κ2) is 5.41. The zero-order valence-electron chi connectivity index (χ0n) is 12.2. The van der Waals surface area contributed by atoms with Gasteiger partial charge in [0.1, 0.15) is 0 Å². The SMILES string of the molecule is Cc1cc(C)c(C2C(N)CCCCN2C)c(C)c1. The summed E-state index contributed by atoms with van der Waals surface area (Å²) in [4.78, 5) is 2.45. The van der Waals surface area contributed by atoms with E-state index in [9.17, 15) is 0 Å². The van der Waals surface area contributed by atoms with Gasteiger partial charge in [-0.15, -0.1) is 0 Å². The molecule has 1 aliphatic heterocycles. The molecule has 1 fully saturated rings. The molecule has 2 nitrogen and oxygen atoms in total. The van der Waals surface area contributed by atoms with Gasteiger partial charge in [0.15, 0.2) is 0 Å². The summed E-state index contributed by atoms with van der Waals surface area (Å²) in [7, 11) is 2.22. The monoisotopic (exact) mass is 246 g/mol. The average molecular weight is 246 g/mol. The maximum absolute atomic E-state index is 6.44. The topological polar surface area (TPSA) is 29.3 Å². The lowest BCUT2D eigenvalue weighted by molar-refractivity contribution is 0.228. The second-order valence-corrected chi connectivity index (χ2v) is 5.90. The maximum atomic E-state index is 6.44. The van der Waals surface area contributed by atoms with E-state index in [-0.39, 0.29) is 6.04 Å². The first-order valence-corrected chi connectivity index (χ1v) is 7.04. The summed E-state index contributed by atoms with van der Waals surface area (Å²) < 4.78 is 0. The van der Waals surface area contributed by atoms with E-state index in [1.54, 1.807) is 0 Å². The van der Waals surface area contributed by atoms with E-state index in [0.717, 1.165) is 13.0 Å². The lowest BCUT2D eigenvalue weighted by Crippen LogP contribution is -2.38. The average Bonchev–Trinajstić information content (AvgIpc) is 2.42. The number of aryl methyl sites for hydroxylation is 3. The fraction of sp³-hybridized carbons (Fsp3) is 0.625. The van der Waals surface area contributed by atoms with Crippen LogP contribution < -0.4 is 5.73 Å². The molecule has 0 saturated carbocycles. The molecule has 0 radical (unpaired) electrons. The second-order valence-electron chi connectivity index (χ2n) is 5.90. The first kappa shape index (κ1) is 13.6. The molecular weight excluding hydrogens is 220 g/mol. The minimum absolute atomic E-state index is 0.262. The molecule has 0 aliphatic carbocycles. The third kappa shape index (κ3) is 2.60. The van der Waals surface area contributed by atoms with Crippen LogP contribution in [-0.2, 0) is 0 Å². The summed E-state index contributed by atoms with van der Waals surface area (Å²) >= 11 is 0. The summed E-state index contributed by atoms with van der Waals surface area (Å²) in [6, 6.07) is 5.22. The number of nitrogens with two attached hydrogens (primary N) is 1. The fourth-order valence-corrected chi connectivity index (χ4v) is 3.46. The van der Waals surface area contributed by atoms with Crippen molar-refractivity contribution in [3.8, 4) is 0 Å². The Morgan fingerprint density at radius 3 is 2.33 bits per heavy atom. The zero-order valence-corrected chi connectivity index (χ0v) is 12.2. The molecule has 0 aromatic heterocycles. The predicted molar refractivity (Wildman–Crippen MR) is 77.9 cm³/mol. The van der Waals surface area contributed by atoms with Gasteiger partial charge >= 0.3 is 0 Å². The van der Waals surface area contributed by atoms with Gasteiger partial charge < -0.3 is 5.73 Å². The molecule has 0 amide bonds. The van der Waals surface area contributed by atoms with Gasteiger partial charge in [-0.1, -0.05) is 24.1 Å². The van der Waals surface area contributed by atoms with Gasteiger partial charge in [-0.05, 0) is 63.9 Å². The first-order valence-electron chi connectivity index (χ1n) is 7.04. The van der Waals surface area contributed by atoms with Crippen LogP contribution in [0, 0.1) is 20.8 Å². The van der Waals surface area contributed by atoms with Crippen molar-refractivity contribution in [2.75, 3.05) is 13.6 Å². The summed E-state index contributed by atoms with van der Waals surface area (Å²) in [6.45, 7) is 7.77. The molecule has 1 aliphatic rings. The number of hydrogen-bond donors (Lipinski definition) is 1. The minimum atomic E-state index is 0.262. The molecule has 18 heavy (non-hydrogen) atoms. The van der Waals surface area contributed by atoms with Crippen LogP contribution in [0.2, 0.25) is 0 Å². The number of benzene rings is 1. The van der Waals surface area contributed by atoms with E-state index in [0.29, 0.717) is 6.04 Å². The molecular formula is C16H26N2. The number of rotatable bonds is 1. The third-order valence-corrected chi connectivity index (χ3v) is 4.21. The molecule has 1 aromatic carbocycles. The molecule has 100 valence electrons. The van der Waals surface area contributed by atoms with E-state index in [4.69, 9.17) is 5.73 Å². The molecule has 2 rings (SSSR count). The van der Waals surface area contributed by atoms with E-state index < -0.39 is 0 Å². The lowest BCUT2D eigenvalue weighted by atomic mass is 9.88. The van der Waals surface area contributed by atoms with Gasteiger partial charge in [-0.3, -0.25) is 4.90 Å². The highest BCUT2D eigenvalue weighted by Gasteiger charge is 2.28. The predicted octanol–water partition coefficient (Wildman–Crippen LogP) is 3.10. The largest absolute Gasteiger partial charge is 0.326 e. The molecule has 0 spiro atoms. The van der Waals surface area contributed by atoms with Gasteiger partial charge in [0, 0.05) is 6.04 Å². The number of likely N-dealkylation sites (tertiary alicyclic amines) is 1. The quantitative estimate of drug-likeness (QED) is 0.825. The summed E-state index contributed by atoms with van der Waals surface area (Å²) in [5, 5.41) is 0. The van der Waals surface area contributed by atoms with Crippen molar-refractivity contribution in [3.63, 3.8) is 0 Å². The van der Waals surface area contributed by atoms with Crippen molar-refractivity contribution < 1.29 is 0 Å². The molecule has 2 heteroatoms. The third-order valence-electron chi connectivity index (χ3n) is 4.21. The van der Waals surface area contributed by atoms with Gasteiger partial charge in [0.25, 0.3) is 0 Å². The van der Waals surface area contributed by atoms with Crippen molar-refractivity contribution in [1.82, 2.24) is 4.90 Å². The molecule has 1 saturated heterocycles. The van der Waals surface area contributed by atoms with Crippen LogP contribution in [0.25, 0.3) is 0 Å². The van der Waals surface area contributed by atoms with E-state index in [1.165, 1.54) is 35.1 Å². The van der Waals surface area contributed by atoms with Crippen molar-refractivity contribution in [1.29, 1.82) is 0 Å². The van der Waals surface area contributed by atoms with Gasteiger partial charge in [-0.25, -0.2) is 0 Å². The highest BCUT2D eigenvalue weighted by molar-refractivity contribution is 5.40. The summed E-state index contributed by atoms with van der Waals surface area (Å²) in [6.07, 6.45) is 3.67. The Morgan fingerprint density at radius 1 is 1.11 bits per heavy atom. The van der Waals surface area contributed by atoms with E-state index >= 15 is 0 Å². The Hall–Kier alpha value is -0.860. The molecule has 2 atom stereocenters. The van der Waals surface area contributed by atoms with Crippen molar-refractivity contribution >= 4 is 0 Å². The van der Waals surface area contributed by atoms with Crippen LogP contribution in [0.15, 0.2) is 12.1 Å². The highest BCUT2D eigenvalue weighted by Crippen LogP contribution is 2.32. The fourth-order valence-electron chi connectivity index (χ4n) is 3.46. The van der Waals surface area contributed by atoms with E-state index in [1.807, 2.05) is 0 Å². The Morgan fingerprint density at radius 2 is 1.72 bits per heavy atom. The Kier molecular flexibility index (Phi) is 4.08.